The summed E-state index contributed by atoms with van der Waals surface area (Å²) >= 11 is 0. The maximum absolute atomic E-state index is 5.68. The topological polar surface area (TPSA) is 36.9 Å². The molecule has 0 unspecified atom stereocenters. The zero-order valence-electron chi connectivity index (χ0n) is 8.42. The van der Waals surface area contributed by atoms with Crippen molar-refractivity contribution < 1.29 is 17.7 Å². The summed E-state index contributed by atoms with van der Waals surface area (Å²) < 4.78 is 21.2. The summed E-state index contributed by atoms with van der Waals surface area (Å²) in [4.78, 5) is 0. The molecule has 0 N–H and O–H groups in total. The van der Waals surface area contributed by atoms with Gasteiger partial charge in [-0.25, -0.2) is 0 Å². The summed E-state index contributed by atoms with van der Waals surface area (Å²) in [7, 11) is 1.22. The number of hydrogen-bond donors (Lipinski definition) is 0. The highest BCUT2D eigenvalue weighted by Crippen LogP contribution is 2.09. The fourth-order valence-corrected chi connectivity index (χ4v) is 5.54. The summed E-state index contributed by atoms with van der Waals surface area (Å²) in [6.07, 6.45) is 0.422. The maximum atomic E-state index is 5.68. The van der Waals surface area contributed by atoms with Crippen LogP contribution in [0.4, 0.5) is 0 Å². The highest BCUT2D eigenvalue weighted by molar-refractivity contribution is 6.70. The van der Waals surface area contributed by atoms with Crippen molar-refractivity contribution in [2.45, 2.75) is 13.1 Å². The highest BCUT2D eigenvalue weighted by Gasteiger charge is 2.39. The van der Waals surface area contributed by atoms with Crippen molar-refractivity contribution in [2.75, 3.05) is 27.6 Å². The lowest BCUT2D eigenvalue weighted by Gasteiger charge is -2.27. The lowest BCUT2D eigenvalue weighted by molar-refractivity contribution is 0.108. The van der Waals surface area contributed by atoms with Crippen molar-refractivity contribution in [3.63, 3.8) is 0 Å². The number of rotatable bonds is 6. The van der Waals surface area contributed by atoms with Gasteiger partial charge in [0.15, 0.2) is 9.04 Å². The Morgan fingerprint density at radius 2 is 1.58 bits per heavy atom. The predicted molar refractivity (Wildman–Crippen MR) is 51.6 cm³/mol. The van der Waals surface area contributed by atoms with E-state index in [9.17, 15) is 0 Å². The van der Waals surface area contributed by atoms with E-state index in [-0.39, 0.29) is 0 Å². The molecule has 0 rings (SSSR count). The van der Waals surface area contributed by atoms with E-state index in [0.29, 0.717) is 6.23 Å². The molecule has 0 bridgehead atoms. The molecule has 74 valence electrons. The first-order valence-electron chi connectivity index (χ1n) is 3.87. The van der Waals surface area contributed by atoms with Crippen LogP contribution in [0.15, 0.2) is 0 Å². The van der Waals surface area contributed by atoms with Gasteiger partial charge in [-0.3, -0.25) is 0 Å². The van der Waals surface area contributed by atoms with E-state index in [1.807, 2.05) is 0 Å². The standard InChI is InChI=1S/C6H18O4Si2/c1-7-6-12(8-2,9-3)10-11(4)5/h11H,6H2,1-5H3. The van der Waals surface area contributed by atoms with Gasteiger partial charge in [0.25, 0.3) is 0 Å². The minimum atomic E-state index is -2.47. The molecule has 0 atom stereocenters. The lowest BCUT2D eigenvalue weighted by Crippen LogP contribution is -2.51. The largest absolute Gasteiger partial charge is 0.516 e. The van der Waals surface area contributed by atoms with Gasteiger partial charge >= 0.3 is 8.80 Å². The smallest absolute Gasteiger partial charge is 0.417 e. The maximum Gasteiger partial charge on any atom is 0.516 e. The third-order valence-corrected chi connectivity index (χ3v) is 6.57. The minimum absolute atomic E-state index is 0.422. The van der Waals surface area contributed by atoms with Crippen LogP contribution in [-0.4, -0.2) is 45.4 Å². The van der Waals surface area contributed by atoms with Gasteiger partial charge in [0.05, 0.1) is 0 Å². The Hall–Kier alpha value is 0.274. The molecule has 0 aliphatic rings. The van der Waals surface area contributed by atoms with Crippen molar-refractivity contribution >= 4 is 17.8 Å². The molecule has 4 nitrogen and oxygen atoms in total. The van der Waals surface area contributed by atoms with Crippen LogP contribution in [0.2, 0.25) is 13.1 Å². The molecule has 0 amide bonds. The van der Waals surface area contributed by atoms with Crippen molar-refractivity contribution in [1.29, 1.82) is 0 Å². The molecule has 0 heterocycles. The second-order valence-corrected chi connectivity index (χ2v) is 8.20. The zero-order valence-corrected chi connectivity index (χ0v) is 10.6. The van der Waals surface area contributed by atoms with E-state index in [4.69, 9.17) is 17.7 Å². The van der Waals surface area contributed by atoms with Gasteiger partial charge in [-0.15, -0.1) is 0 Å². The predicted octanol–water partition coefficient (Wildman–Crippen LogP) is 0.404. The first-order valence-corrected chi connectivity index (χ1v) is 8.58. The summed E-state index contributed by atoms with van der Waals surface area (Å²) in [6.45, 7) is 4.16. The average Bonchev–Trinajstić information content (AvgIpc) is 2.03. The highest BCUT2D eigenvalue weighted by atomic mass is 28.4. The van der Waals surface area contributed by atoms with Crippen LogP contribution in [0.3, 0.4) is 0 Å². The Morgan fingerprint density at radius 1 is 1.08 bits per heavy atom. The van der Waals surface area contributed by atoms with E-state index < -0.39 is 17.8 Å². The Bertz CT molecular complexity index is 116. The van der Waals surface area contributed by atoms with Gasteiger partial charge < -0.3 is 17.7 Å². The normalized spacial score (nSPS) is 12.5. The Morgan fingerprint density at radius 3 is 1.83 bits per heavy atom. The number of hydrogen-bond acceptors (Lipinski definition) is 4. The number of methoxy groups -OCH3 is 1. The molecule has 12 heavy (non-hydrogen) atoms. The fourth-order valence-electron chi connectivity index (χ4n) is 0.867. The van der Waals surface area contributed by atoms with Crippen LogP contribution in [-0.2, 0) is 17.7 Å². The molecule has 0 radical (unpaired) electrons. The summed E-state index contributed by atoms with van der Waals surface area (Å²) in [5.74, 6) is 0. The second-order valence-electron chi connectivity index (χ2n) is 2.69. The monoisotopic (exact) mass is 210 g/mol. The van der Waals surface area contributed by atoms with Crippen molar-refractivity contribution in [1.82, 2.24) is 0 Å². The van der Waals surface area contributed by atoms with Gasteiger partial charge in [-0.2, -0.15) is 0 Å². The first-order chi connectivity index (χ1) is 5.60. The van der Waals surface area contributed by atoms with Gasteiger partial charge in [0, 0.05) is 21.3 Å². The molecular formula is C6H18O4Si2. The Labute approximate surface area is 76.9 Å². The van der Waals surface area contributed by atoms with Gasteiger partial charge in [0.1, 0.15) is 6.23 Å². The molecule has 0 aromatic heterocycles. The van der Waals surface area contributed by atoms with Gasteiger partial charge in [0.2, 0.25) is 0 Å². The van der Waals surface area contributed by atoms with Crippen LogP contribution in [0.5, 0.6) is 0 Å². The average molecular weight is 210 g/mol. The molecule has 0 aromatic rings. The SMILES string of the molecule is COC[Si](OC)(OC)O[SiH](C)C. The third-order valence-electron chi connectivity index (χ3n) is 1.36. The lowest BCUT2D eigenvalue weighted by atomic mass is 11.5. The molecule has 0 spiro atoms. The van der Waals surface area contributed by atoms with Crippen molar-refractivity contribution in [3.8, 4) is 0 Å². The van der Waals surface area contributed by atoms with Crippen LogP contribution in [0.25, 0.3) is 0 Å². The Balaban J connectivity index is 4.13. The van der Waals surface area contributed by atoms with E-state index in [1.54, 1.807) is 21.3 Å². The molecule has 0 aromatic carbocycles. The van der Waals surface area contributed by atoms with Gasteiger partial charge in [-0.05, 0) is 13.1 Å². The van der Waals surface area contributed by atoms with Crippen LogP contribution >= 0.6 is 0 Å². The molecule has 0 aliphatic heterocycles. The van der Waals surface area contributed by atoms with Crippen LogP contribution in [0, 0.1) is 0 Å². The molecular weight excluding hydrogens is 192 g/mol. The molecule has 0 saturated carbocycles. The molecule has 6 heteroatoms. The molecule has 0 saturated heterocycles. The van der Waals surface area contributed by atoms with Gasteiger partial charge in [-0.1, -0.05) is 0 Å². The second kappa shape index (κ2) is 5.84. The van der Waals surface area contributed by atoms with E-state index >= 15 is 0 Å². The van der Waals surface area contributed by atoms with Crippen LogP contribution in [0.1, 0.15) is 0 Å². The van der Waals surface area contributed by atoms with E-state index in [0.717, 1.165) is 0 Å². The summed E-state index contributed by atoms with van der Waals surface area (Å²) in [5.41, 5.74) is 0. The quantitative estimate of drug-likeness (QED) is 0.595. The Kier molecular flexibility index (Phi) is 5.97. The van der Waals surface area contributed by atoms with E-state index in [1.165, 1.54) is 0 Å². The summed E-state index contributed by atoms with van der Waals surface area (Å²) in [5, 5.41) is 0. The molecule has 0 fully saturated rings. The molecule has 0 aliphatic carbocycles. The van der Waals surface area contributed by atoms with Crippen LogP contribution < -0.4 is 0 Å². The zero-order chi connectivity index (χ0) is 9.61. The summed E-state index contributed by atoms with van der Waals surface area (Å²) in [6, 6.07) is 0. The fraction of sp³-hybridized carbons (Fsp3) is 1.00. The van der Waals surface area contributed by atoms with E-state index in [2.05, 4.69) is 13.1 Å². The third kappa shape index (κ3) is 3.79. The first kappa shape index (κ1) is 12.3. The minimum Gasteiger partial charge on any atom is -0.417 e. The van der Waals surface area contributed by atoms with Crippen molar-refractivity contribution in [2.24, 2.45) is 0 Å². The van der Waals surface area contributed by atoms with Crippen molar-refractivity contribution in [3.05, 3.63) is 0 Å². The number of ether oxygens (including phenoxy) is 1.